The smallest absolute Gasteiger partial charge is 0.0184 e. The maximum Gasteiger partial charge on any atom is 0.0184 e. The summed E-state index contributed by atoms with van der Waals surface area (Å²) in [6.07, 6.45) is 2.52. The fourth-order valence-electron chi connectivity index (χ4n) is 1.81. The molecule has 1 aliphatic heterocycles. The van der Waals surface area contributed by atoms with Crippen molar-refractivity contribution in [1.82, 2.24) is 5.32 Å². The molecule has 1 aromatic carbocycles. The van der Waals surface area contributed by atoms with E-state index in [2.05, 4.69) is 57.3 Å². The first-order chi connectivity index (χ1) is 7.34. The van der Waals surface area contributed by atoms with E-state index < -0.39 is 0 Å². The van der Waals surface area contributed by atoms with Crippen LogP contribution in [-0.2, 0) is 6.42 Å². The highest BCUT2D eigenvalue weighted by atomic mass is 79.9. The molecule has 0 bridgehead atoms. The molecule has 0 aromatic heterocycles. The van der Waals surface area contributed by atoms with Crippen molar-refractivity contribution >= 4 is 27.7 Å². The van der Waals surface area contributed by atoms with Crippen LogP contribution in [0.25, 0.3) is 0 Å². The quantitative estimate of drug-likeness (QED) is 0.913. The standard InChI is InChI=1S/C12H16BrNS/c13-11-3-1-2-10(8-11)5-7-15-12-4-6-14-9-12/h1-3,8,12,14H,4-7,9H2. The van der Waals surface area contributed by atoms with E-state index in [0.29, 0.717) is 0 Å². The lowest BCUT2D eigenvalue weighted by atomic mass is 10.2. The van der Waals surface area contributed by atoms with E-state index in [0.717, 1.165) is 5.25 Å². The molecule has 82 valence electrons. The Hall–Kier alpha value is 0.01000. The Morgan fingerprint density at radius 2 is 2.40 bits per heavy atom. The second-order valence-electron chi connectivity index (χ2n) is 3.87. The normalized spacial score (nSPS) is 20.7. The van der Waals surface area contributed by atoms with Gasteiger partial charge in [-0.2, -0.15) is 11.8 Å². The van der Waals surface area contributed by atoms with Crippen LogP contribution in [0.3, 0.4) is 0 Å². The van der Waals surface area contributed by atoms with Crippen LogP contribution in [0, 0.1) is 0 Å². The molecule has 1 aromatic rings. The van der Waals surface area contributed by atoms with Crippen molar-refractivity contribution in [3.05, 3.63) is 34.3 Å². The zero-order chi connectivity index (χ0) is 10.5. The summed E-state index contributed by atoms with van der Waals surface area (Å²) in [6.45, 7) is 2.40. The first-order valence-electron chi connectivity index (χ1n) is 5.41. The van der Waals surface area contributed by atoms with Gasteiger partial charge in [0.15, 0.2) is 0 Å². The van der Waals surface area contributed by atoms with Gasteiger partial charge in [0.2, 0.25) is 0 Å². The summed E-state index contributed by atoms with van der Waals surface area (Å²) in [4.78, 5) is 0. The first kappa shape index (κ1) is 11.5. The number of benzene rings is 1. The van der Waals surface area contributed by atoms with Gasteiger partial charge in [-0.1, -0.05) is 28.1 Å². The summed E-state index contributed by atoms with van der Waals surface area (Å²) in [5.74, 6) is 1.24. The highest BCUT2D eigenvalue weighted by Crippen LogP contribution is 2.19. The Bertz CT molecular complexity index is 310. The maximum absolute atomic E-state index is 3.50. The summed E-state index contributed by atoms with van der Waals surface area (Å²) in [5.41, 5.74) is 1.43. The van der Waals surface area contributed by atoms with E-state index in [1.807, 2.05) is 0 Å². The highest BCUT2D eigenvalue weighted by Gasteiger charge is 2.13. The molecule has 1 heterocycles. The van der Waals surface area contributed by atoms with Crippen molar-refractivity contribution in [2.45, 2.75) is 18.1 Å². The minimum Gasteiger partial charge on any atom is -0.316 e. The van der Waals surface area contributed by atoms with Gasteiger partial charge in [0, 0.05) is 16.3 Å². The summed E-state index contributed by atoms with van der Waals surface area (Å²) >= 11 is 5.61. The Morgan fingerprint density at radius 3 is 3.13 bits per heavy atom. The minimum atomic E-state index is 0.845. The number of nitrogens with one attached hydrogen (secondary N) is 1. The molecular formula is C12H16BrNS. The van der Waals surface area contributed by atoms with Crippen molar-refractivity contribution in [2.24, 2.45) is 0 Å². The fraction of sp³-hybridized carbons (Fsp3) is 0.500. The van der Waals surface area contributed by atoms with Gasteiger partial charge in [-0.15, -0.1) is 0 Å². The number of hydrogen-bond acceptors (Lipinski definition) is 2. The molecule has 15 heavy (non-hydrogen) atoms. The second-order valence-corrected chi connectivity index (χ2v) is 6.19. The molecule has 2 rings (SSSR count). The average Bonchev–Trinajstić information content (AvgIpc) is 2.71. The van der Waals surface area contributed by atoms with Crippen LogP contribution in [0.2, 0.25) is 0 Å². The number of aryl methyl sites for hydroxylation is 1. The molecule has 1 N–H and O–H groups in total. The predicted octanol–water partition coefficient (Wildman–Crippen LogP) is 3.09. The molecule has 1 nitrogen and oxygen atoms in total. The molecule has 0 aliphatic carbocycles. The topological polar surface area (TPSA) is 12.0 Å². The molecular weight excluding hydrogens is 270 g/mol. The summed E-state index contributed by atoms with van der Waals surface area (Å²) in [5, 5.41) is 4.25. The third kappa shape index (κ3) is 3.82. The van der Waals surface area contributed by atoms with E-state index in [1.165, 1.54) is 41.7 Å². The average molecular weight is 286 g/mol. The first-order valence-corrected chi connectivity index (χ1v) is 7.25. The van der Waals surface area contributed by atoms with Crippen LogP contribution in [-0.4, -0.2) is 24.1 Å². The van der Waals surface area contributed by atoms with Gasteiger partial charge in [-0.3, -0.25) is 0 Å². The molecule has 1 unspecified atom stereocenters. The van der Waals surface area contributed by atoms with Gasteiger partial charge in [0.05, 0.1) is 0 Å². The maximum atomic E-state index is 3.50. The monoisotopic (exact) mass is 285 g/mol. The molecule has 1 aliphatic rings. The van der Waals surface area contributed by atoms with Crippen LogP contribution in [0.1, 0.15) is 12.0 Å². The molecule has 0 amide bonds. The van der Waals surface area contributed by atoms with Gasteiger partial charge < -0.3 is 5.32 Å². The van der Waals surface area contributed by atoms with Crippen molar-refractivity contribution in [3.63, 3.8) is 0 Å². The Balaban J connectivity index is 1.73. The molecule has 1 fully saturated rings. The number of thioether (sulfide) groups is 1. The van der Waals surface area contributed by atoms with Crippen molar-refractivity contribution in [1.29, 1.82) is 0 Å². The lowest BCUT2D eigenvalue weighted by Gasteiger charge is -2.07. The molecule has 3 heteroatoms. The van der Waals surface area contributed by atoms with E-state index >= 15 is 0 Å². The highest BCUT2D eigenvalue weighted by molar-refractivity contribution is 9.10. The van der Waals surface area contributed by atoms with Crippen LogP contribution in [0.5, 0.6) is 0 Å². The van der Waals surface area contributed by atoms with Crippen molar-refractivity contribution in [2.75, 3.05) is 18.8 Å². The molecule has 0 spiro atoms. The van der Waals surface area contributed by atoms with Crippen LogP contribution < -0.4 is 5.32 Å². The van der Waals surface area contributed by atoms with Gasteiger partial charge in [0.25, 0.3) is 0 Å². The summed E-state index contributed by atoms with van der Waals surface area (Å²) < 4.78 is 1.19. The summed E-state index contributed by atoms with van der Waals surface area (Å²) in [7, 11) is 0. The lowest BCUT2D eigenvalue weighted by molar-refractivity contribution is 0.858. The van der Waals surface area contributed by atoms with Crippen LogP contribution in [0.4, 0.5) is 0 Å². The van der Waals surface area contributed by atoms with E-state index in [1.54, 1.807) is 0 Å². The molecule has 1 saturated heterocycles. The number of hydrogen-bond donors (Lipinski definition) is 1. The van der Waals surface area contributed by atoms with E-state index in [9.17, 15) is 0 Å². The van der Waals surface area contributed by atoms with Gasteiger partial charge in [-0.25, -0.2) is 0 Å². The van der Waals surface area contributed by atoms with Gasteiger partial charge >= 0.3 is 0 Å². The van der Waals surface area contributed by atoms with Crippen molar-refractivity contribution < 1.29 is 0 Å². The third-order valence-electron chi connectivity index (χ3n) is 2.65. The Morgan fingerprint density at radius 1 is 1.47 bits per heavy atom. The van der Waals surface area contributed by atoms with E-state index in [4.69, 9.17) is 0 Å². The second kappa shape index (κ2) is 5.92. The van der Waals surface area contributed by atoms with Crippen LogP contribution in [0.15, 0.2) is 28.7 Å². The van der Waals surface area contributed by atoms with Gasteiger partial charge in [0.1, 0.15) is 0 Å². The van der Waals surface area contributed by atoms with E-state index in [-0.39, 0.29) is 0 Å². The lowest BCUT2D eigenvalue weighted by Crippen LogP contribution is -2.10. The SMILES string of the molecule is Brc1cccc(CCSC2CCNC2)c1. The zero-order valence-corrected chi connectivity index (χ0v) is 11.1. The fourth-order valence-corrected chi connectivity index (χ4v) is 3.46. The minimum absolute atomic E-state index is 0.845. The largest absolute Gasteiger partial charge is 0.316 e. The Kier molecular flexibility index (Phi) is 4.54. The molecule has 0 radical (unpaired) electrons. The number of rotatable bonds is 4. The Labute approximate surface area is 104 Å². The number of halogens is 1. The van der Waals surface area contributed by atoms with Gasteiger partial charge in [-0.05, 0) is 42.8 Å². The van der Waals surface area contributed by atoms with Crippen LogP contribution >= 0.6 is 27.7 Å². The third-order valence-corrected chi connectivity index (χ3v) is 4.46. The summed E-state index contributed by atoms with van der Waals surface area (Å²) in [6, 6.07) is 8.62. The van der Waals surface area contributed by atoms with Crippen molar-refractivity contribution in [3.8, 4) is 0 Å². The zero-order valence-electron chi connectivity index (χ0n) is 8.71. The molecule has 1 atom stereocenters. The molecule has 0 saturated carbocycles. The predicted molar refractivity (Wildman–Crippen MR) is 71.6 cm³/mol.